The van der Waals surface area contributed by atoms with E-state index >= 15 is 0 Å². The second-order valence-electron chi connectivity index (χ2n) is 5.65. The number of carbonyl (C=O) groups excluding carboxylic acids is 1. The van der Waals surface area contributed by atoms with E-state index in [1.807, 2.05) is 18.2 Å². The number of halogens is 1. The van der Waals surface area contributed by atoms with Crippen molar-refractivity contribution in [2.45, 2.75) is 0 Å². The van der Waals surface area contributed by atoms with Gasteiger partial charge in [-0.25, -0.2) is 0 Å². The van der Waals surface area contributed by atoms with Crippen molar-refractivity contribution in [3.63, 3.8) is 0 Å². The fourth-order valence-corrected chi connectivity index (χ4v) is 2.70. The molecule has 1 amide bonds. The summed E-state index contributed by atoms with van der Waals surface area (Å²) in [6.45, 7) is 0. The Bertz CT molecular complexity index is 1080. The van der Waals surface area contributed by atoms with Gasteiger partial charge >= 0.3 is 0 Å². The Balaban J connectivity index is 1.51. The van der Waals surface area contributed by atoms with Gasteiger partial charge in [-0.2, -0.15) is 4.98 Å². The van der Waals surface area contributed by atoms with Crippen LogP contribution in [0.1, 0.15) is 10.5 Å². The molecule has 132 valence electrons. The quantitative estimate of drug-likeness (QED) is 0.558. The lowest BCUT2D eigenvalue weighted by molar-refractivity contribution is 0.102. The summed E-state index contributed by atoms with van der Waals surface area (Å²) < 4.78 is 5.32. The Morgan fingerprint density at radius 3 is 2.48 bits per heavy atom. The molecule has 0 fully saturated rings. The highest BCUT2D eigenvalue weighted by Gasteiger charge is 2.13. The molecule has 0 aliphatic carbocycles. The van der Waals surface area contributed by atoms with Gasteiger partial charge in [-0.15, -0.1) is 0 Å². The summed E-state index contributed by atoms with van der Waals surface area (Å²) in [6, 6.07) is 19.6. The lowest BCUT2D eigenvalue weighted by Crippen LogP contribution is -2.13. The average Bonchev–Trinajstić information content (AvgIpc) is 3.19. The molecule has 0 saturated heterocycles. The van der Waals surface area contributed by atoms with Crippen molar-refractivity contribution < 1.29 is 9.32 Å². The number of amides is 1. The Kier molecular flexibility index (Phi) is 4.63. The molecular formula is C20H13ClN4O2. The topological polar surface area (TPSA) is 80.9 Å². The van der Waals surface area contributed by atoms with Gasteiger partial charge in [-0.1, -0.05) is 35.0 Å². The first kappa shape index (κ1) is 16.9. The highest BCUT2D eigenvalue weighted by atomic mass is 35.5. The van der Waals surface area contributed by atoms with Crippen molar-refractivity contribution >= 4 is 23.2 Å². The van der Waals surface area contributed by atoms with Gasteiger partial charge in [0.25, 0.3) is 11.8 Å². The van der Waals surface area contributed by atoms with Crippen LogP contribution in [-0.4, -0.2) is 21.0 Å². The standard InChI is InChI=1S/C20H13ClN4O2/c21-16-6-2-1-5-15(16)20-24-18(25-27-20)13-8-10-14(11-9-13)23-19(26)17-7-3-4-12-22-17/h1-12H,(H,23,26). The van der Waals surface area contributed by atoms with E-state index in [-0.39, 0.29) is 5.91 Å². The first-order chi connectivity index (χ1) is 13.2. The van der Waals surface area contributed by atoms with E-state index in [2.05, 4.69) is 20.4 Å². The summed E-state index contributed by atoms with van der Waals surface area (Å²) in [5.41, 5.74) is 2.43. The summed E-state index contributed by atoms with van der Waals surface area (Å²) in [5.74, 6) is 0.513. The maximum absolute atomic E-state index is 12.1. The lowest BCUT2D eigenvalue weighted by atomic mass is 10.2. The Morgan fingerprint density at radius 1 is 0.963 bits per heavy atom. The van der Waals surface area contributed by atoms with Gasteiger partial charge in [0.15, 0.2) is 0 Å². The third-order valence-electron chi connectivity index (χ3n) is 3.83. The predicted octanol–water partition coefficient (Wildman–Crippen LogP) is 4.70. The summed E-state index contributed by atoms with van der Waals surface area (Å²) in [6.07, 6.45) is 1.57. The average molecular weight is 377 g/mol. The van der Waals surface area contributed by atoms with Crippen molar-refractivity contribution in [2.75, 3.05) is 5.32 Å². The smallest absolute Gasteiger partial charge is 0.274 e. The fraction of sp³-hybridized carbons (Fsp3) is 0. The number of pyridine rings is 1. The summed E-state index contributed by atoms with van der Waals surface area (Å²) >= 11 is 6.16. The monoisotopic (exact) mass is 376 g/mol. The number of nitrogens with zero attached hydrogens (tertiary/aromatic N) is 3. The second-order valence-corrected chi connectivity index (χ2v) is 6.06. The van der Waals surface area contributed by atoms with Crippen molar-refractivity contribution in [1.82, 2.24) is 15.1 Å². The van der Waals surface area contributed by atoms with Gasteiger partial charge in [0.2, 0.25) is 5.82 Å². The van der Waals surface area contributed by atoms with Crippen LogP contribution in [0, 0.1) is 0 Å². The molecule has 2 heterocycles. The van der Waals surface area contributed by atoms with Gasteiger partial charge < -0.3 is 9.84 Å². The number of anilines is 1. The molecule has 0 unspecified atom stereocenters. The molecule has 0 radical (unpaired) electrons. The third-order valence-corrected chi connectivity index (χ3v) is 4.16. The van der Waals surface area contributed by atoms with E-state index in [4.69, 9.17) is 16.1 Å². The van der Waals surface area contributed by atoms with Crippen LogP contribution < -0.4 is 5.32 Å². The molecule has 4 aromatic rings. The molecule has 6 nitrogen and oxygen atoms in total. The number of carbonyl (C=O) groups is 1. The third kappa shape index (κ3) is 3.70. The van der Waals surface area contributed by atoms with Crippen LogP contribution in [0.4, 0.5) is 5.69 Å². The van der Waals surface area contributed by atoms with E-state index < -0.39 is 0 Å². The van der Waals surface area contributed by atoms with Crippen molar-refractivity contribution in [1.29, 1.82) is 0 Å². The van der Waals surface area contributed by atoms with Crippen LogP contribution in [0.5, 0.6) is 0 Å². The van der Waals surface area contributed by atoms with Crippen LogP contribution in [0.15, 0.2) is 77.4 Å². The number of hydrogen-bond donors (Lipinski definition) is 1. The molecular weight excluding hydrogens is 364 g/mol. The minimum Gasteiger partial charge on any atom is -0.334 e. The van der Waals surface area contributed by atoms with Gasteiger partial charge in [-0.05, 0) is 48.5 Å². The largest absolute Gasteiger partial charge is 0.334 e. The van der Waals surface area contributed by atoms with Gasteiger partial charge in [0, 0.05) is 17.4 Å². The zero-order valence-electron chi connectivity index (χ0n) is 14.0. The number of aromatic nitrogens is 3. The van der Waals surface area contributed by atoms with Crippen molar-refractivity contribution in [3.05, 3.63) is 83.6 Å². The first-order valence-corrected chi connectivity index (χ1v) is 8.50. The van der Waals surface area contributed by atoms with Gasteiger partial charge in [-0.3, -0.25) is 9.78 Å². The van der Waals surface area contributed by atoms with Crippen LogP contribution in [0.25, 0.3) is 22.8 Å². The fourth-order valence-electron chi connectivity index (χ4n) is 2.48. The zero-order valence-corrected chi connectivity index (χ0v) is 14.7. The molecule has 0 bridgehead atoms. The number of hydrogen-bond acceptors (Lipinski definition) is 5. The van der Waals surface area contributed by atoms with Crippen LogP contribution in [0.3, 0.4) is 0 Å². The van der Waals surface area contributed by atoms with Crippen LogP contribution in [-0.2, 0) is 0 Å². The molecule has 0 aliphatic heterocycles. The van der Waals surface area contributed by atoms with Gasteiger partial charge in [0.1, 0.15) is 5.69 Å². The van der Waals surface area contributed by atoms with Gasteiger partial charge in [0.05, 0.1) is 10.6 Å². The molecule has 1 N–H and O–H groups in total. The number of nitrogens with one attached hydrogen (secondary N) is 1. The maximum Gasteiger partial charge on any atom is 0.274 e. The Hall–Kier alpha value is -3.51. The van der Waals surface area contributed by atoms with E-state index in [0.29, 0.717) is 33.7 Å². The molecule has 2 aromatic carbocycles. The predicted molar refractivity (Wildman–Crippen MR) is 102 cm³/mol. The Morgan fingerprint density at radius 2 is 1.74 bits per heavy atom. The zero-order chi connectivity index (χ0) is 18.6. The molecule has 0 atom stereocenters. The lowest BCUT2D eigenvalue weighted by Gasteiger charge is -2.04. The molecule has 0 spiro atoms. The molecule has 4 rings (SSSR count). The second kappa shape index (κ2) is 7.39. The van der Waals surface area contributed by atoms with Crippen LogP contribution in [0.2, 0.25) is 5.02 Å². The van der Waals surface area contributed by atoms with E-state index in [1.54, 1.807) is 54.7 Å². The van der Waals surface area contributed by atoms with E-state index in [9.17, 15) is 4.79 Å². The molecule has 27 heavy (non-hydrogen) atoms. The number of benzene rings is 2. The SMILES string of the molecule is O=C(Nc1ccc(-c2noc(-c3ccccc3Cl)n2)cc1)c1ccccn1. The molecule has 2 aromatic heterocycles. The Labute approximate surface area is 159 Å². The van der Waals surface area contributed by atoms with Crippen molar-refractivity contribution in [2.24, 2.45) is 0 Å². The maximum atomic E-state index is 12.1. The normalized spacial score (nSPS) is 10.6. The van der Waals surface area contributed by atoms with E-state index in [0.717, 1.165) is 5.56 Å². The summed E-state index contributed by atoms with van der Waals surface area (Å²) in [7, 11) is 0. The highest BCUT2D eigenvalue weighted by molar-refractivity contribution is 6.33. The first-order valence-electron chi connectivity index (χ1n) is 8.12. The van der Waals surface area contributed by atoms with Crippen molar-refractivity contribution in [3.8, 4) is 22.8 Å². The summed E-state index contributed by atoms with van der Waals surface area (Å²) in [5, 5.41) is 7.33. The van der Waals surface area contributed by atoms with E-state index in [1.165, 1.54) is 0 Å². The molecule has 0 aliphatic rings. The number of rotatable bonds is 4. The molecule has 7 heteroatoms. The highest BCUT2D eigenvalue weighted by Crippen LogP contribution is 2.28. The minimum atomic E-state index is -0.274. The summed E-state index contributed by atoms with van der Waals surface area (Å²) in [4.78, 5) is 20.5. The minimum absolute atomic E-state index is 0.274. The van der Waals surface area contributed by atoms with Crippen LogP contribution >= 0.6 is 11.6 Å². The molecule has 0 saturated carbocycles.